The molecular weight excluding hydrogens is 399 g/mol. The minimum absolute atomic E-state index is 0.153. The molecule has 0 amide bonds. The Bertz CT molecular complexity index is 1140. The van der Waals surface area contributed by atoms with E-state index in [2.05, 4.69) is 15.2 Å². The number of aromatic nitrogens is 5. The lowest BCUT2D eigenvalue weighted by Crippen LogP contribution is -2.29. The van der Waals surface area contributed by atoms with Crippen LogP contribution in [0.5, 0.6) is 5.75 Å². The average molecular weight is 421 g/mol. The summed E-state index contributed by atoms with van der Waals surface area (Å²) in [6, 6.07) is 1.95. The first kappa shape index (κ1) is 21.5. The highest BCUT2D eigenvalue weighted by Crippen LogP contribution is 2.33. The van der Waals surface area contributed by atoms with Crippen molar-refractivity contribution in [1.82, 2.24) is 24.5 Å². The summed E-state index contributed by atoms with van der Waals surface area (Å²) in [4.78, 5) is 17.4. The highest BCUT2D eigenvalue weighted by Gasteiger charge is 2.32. The average Bonchev–Trinajstić information content (AvgIpc) is 3.10. The number of rotatable bonds is 4. The van der Waals surface area contributed by atoms with Gasteiger partial charge in [-0.3, -0.25) is 4.79 Å². The van der Waals surface area contributed by atoms with E-state index >= 15 is 0 Å². The lowest BCUT2D eigenvalue weighted by Gasteiger charge is -2.19. The Balaban J connectivity index is 2.35. The van der Waals surface area contributed by atoms with Crippen LogP contribution < -0.4 is 5.56 Å². The number of aryl methyl sites for hydroxylation is 3. The molecule has 0 unspecified atom stereocenters. The molecular formula is C20H22F3N5O2. The van der Waals surface area contributed by atoms with Crippen LogP contribution in [-0.4, -0.2) is 29.7 Å². The first-order chi connectivity index (χ1) is 14.0. The normalized spacial score (nSPS) is 12.0. The van der Waals surface area contributed by atoms with E-state index in [4.69, 9.17) is 0 Å². The molecule has 2 heterocycles. The van der Waals surface area contributed by atoms with Gasteiger partial charge in [0, 0.05) is 12.3 Å². The van der Waals surface area contributed by atoms with Crippen LogP contribution in [0.15, 0.2) is 23.3 Å². The highest BCUT2D eigenvalue weighted by atomic mass is 19.4. The topological polar surface area (TPSA) is 85.8 Å². The van der Waals surface area contributed by atoms with Gasteiger partial charge in [-0.25, -0.2) is 9.67 Å². The monoisotopic (exact) mass is 421 g/mol. The maximum absolute atomic E-state index is 13.3. The van der Waals surface area contributed by atoms with Gasteiger partial charge in [0.2, 0.25) is 0 Å². The van der Waals surface area contributed by atoms with E-state index < -0.39 is 17.3 Å². The molecule has 0 aliphatic heterocycles. The van der Waals surface area contributed by atoms with Gasteiger partial charge in [-0.15, -0.1) is 0 Å². The zero-order valence-electron chi connectivity index (χ0n) is 17.2. The van der Waals surface area contributed by atoms with E-state index in [1.165, 1.54) is 24.9 Å². The molecule has 2 aromatic heterocycles. The second-order valence-corrected chi connectivity index (χ2v) is 7.37. The molecule has 0 bridgehead atoms. The number of alkyl halides is 3. The van der Waals surface area contributed by atoms with E-state index in [1.807, 2.05) is 6.92 Å². The Morgan fingerprint density at radius 2 is 1.70 bits per heavy atom. The summed E-state index contributed by atoms with van der Waals surface area (Å²) in [5, 5.41) is 19.2. The van der Waals surface area contributed by atoms with Crippen molar-refractivity contribution in [3.05, 3.63) is 57.0 Å². The van der Waals surface area contributed by atoms with Crippen molar-refractivity contribution in [2.45, 2.75) is 53.1 Å². The smallest absolute Gasteiger partial charge is 0.416 e. The maximum Gasteiger partial charge on any atom is 0.416 e. The number of hydrogen-bond donors (Lipinski definition) is 1. The quantitative estimate of drug-likeness (QED) is 0.692. The number of aromatic hydroxyl groups is 1. The van der Waals surface area contributed by atoms with Crippen LogP contribution in [0.2, 0.25) is 0 Å². The van der Waals surface area contributed by atoms with Crippen molar-refractivity contribution in [2.75, 3.05) is 0 Å². The Morgan fingerprint density at radius 3 is 2.17 bits per heavy atom. The second-order valence-electron chi connectivity index (χ2n) is 7.37. The van der Waals surface area contributed by atoms with Crippen molar-refractivity contribution >= 4 is 0 Å². The van der Waals surface area contributed by atoms with E-state index in [0.29, 0.717) is 12.2 Å². The van der Waals surface area contributed by atoms with Gasteiger partial charge in [0.15, 0.2) is 17.3 Å². The Hall–Kier alpha value is -3.17. The summed E-state index contributed by atoms with van der Waals surface area (Å²) in [7, 11) is 0. The van der Waals surface area contributed by atoms with Crippen molar-refractivity contribution in [3.63, 3.8) is 0 Å². The molecule has 7 nitrogen and oxygen atoms in total. The summed E-state index contributed by atoms with van der Waals surface area (Å²) in [5.41, 5.74) is -0.757. The van der Waals surface area contributed by atoms with E-state index in [1.54, 1.807) is 13.8 Å². The summed E-state index contributed by atoms with van der Waals surface area (Å²) >= 11 is 0. The maximum atomic E-state index is 13.3. The van der Waals surface area contributed by atoms with Crippen LogP contribution in [0.25, 0.3) is 11.4 Å². The van der Waals surface area contributed by atoms with Crippen LogP contribution in [0.3, 0.4) is 0 Å². The molecule has 1 N–H and O–H groups in total. The fourth-order valence-corrected chi connectivity index (χ4v) is 3.29. The minimum atomic E-state index is -4.51. The lowest BCUT2D eigenvalue weighted by atomic mass is 10.0. The summed E-state index contributed by atoms with van der Waals surface area (Å²) < 4.78 is 41.7. The molecule has 0 radical (unpaired) electrons. The van der Waals surface area contributed by atoms with Gasteiger partial charge in [-0.2, -0.15) is 28.1 Å². The summed E-state index contributed by atoms with van der Waals surface area (Å²) in [5.74, 6) is -0.119. The predicted molar refractivity (Wildman–Crippen MR) is 104 cm³/mol. The molecule has 3 rings (SSSR count). The first-order valence-corrected chi connectivity index (χ1v) is 9.41. The first-order valence-electron chi connectivity index (χ1n) is 9.41. The van der Waals surface area contributed by atoms with Crippen LogP contribution in [-0.2, 0) is 12.6 Å². The summed E-state index contributed by atoms with van der Waals surface area (Å²) in [6.45, 7) is 8.38. The third-order valence-electron chi connectivity index (χ3n) is 4.73. The van der Waals surface area contributed by atoms with Crippen molar-refractivity contribution in [1.29, 1.82) is 0 Å². The molecule has 0 fully saturated rings. The Kier molecular flexibility index (Phi) is 5.44. The molecule has 0 saturated heterocycles. The number of benzene rings is 1. The largest absolute Gasteiger partial charge is 0.504 e. The number of halogens is 3. The summed E-state index contributed by atoms with van der Waals surface area (Å²) in [6.07, 6.45) is -2.66. The van der Waals surface area contributed by atoms with Gasteiger partial charge in [-0.1, -0.05) is 20.8 Å². The predicted octanol–water partition coefficient (Wildman–Crippen LogP) is 3.84. The molecule has 0 atom stereocenters. The van der Waals surface area contributed by atoms with Gasteiger partial charge >= 0.3 is 11.7 Å². The van der Waals surface area contributed by atoms with Gasteiger partial charge < -0.3 is 5.11 Å². The number of hydrogen-bond acceptors (Lipinski definition) is 5. The van der Waals surface area contributed by atoms with Crippen LogP contribution in [0.1, 0.15) is 54.9 Å². The van der Waals surface area contributed by atoms with E-state index in [0.717, 1.165) is 16.8 Å². The Labute approximate surface area is 170 Å². The van der Waals surface area contributed by atoms with Gasteiger partial charge in [0.05, 0.1) is 11.3 Å². The second kappa shape index (κ2) is 7.58. The van der Waals surface area contributed by atoms with Crippen LogP contribution >= 0.6 is 0 Å². The highest BCUT2D eigenvalue weighted by molar-refractivity contribution is 5.53. The molecule has 160 valence electrons. The zero-order valence-corrected chi connectivity index (χ0v) is 17.2. The molecule has 1 aromatic carbocycles. The SMILES string of the molecule is CCc1ncn(-c2c(O)c(C(C)C)nn(-c3c(C)cc(C(F)(F)F)cc3C)c2=O)n1. The van der Waals surface area contributed by atoms with Crippen LogP contribution in [0.4, 0.5) is 13.2 Å². The Morgan fingerprint density at radius 1 is 1.10 bits per heavy atom. The molecule has 0 aliphatic rings. The van der Waals surface area contributed by atoms with Gasteiger partial charge in [-0.05, 0) is 37.1 Å². The fourth-order valence-electron chi connectivity index (χ4n) is 3.29. The lowest BCUT2D eigenvalue weighted by molar-refractivity contribution is -0.137. The van der Waals surface area contributed by atoms with Crippen LogP contribution in [0, 0.1) is 13.8 Å². The molecule has 10 heteroatoms. The minimum Gasteiger partial charge on any atom is -0.504 e. The van der Waals surface area contributed by atoms with E-state index in [9.17, 15) is 23.1 Å². The van der Waals surface area contributed by atoms with Gasteiger partial charge in [0.1, 0.15) is 12.0 Å². The van der Waals surface area contributed by atoms with Gasteiger partial charge in [0.25, 0.3) is 0 Å². The molecule has 3 aromatic rings. The molecule has 0 aliphatic carbocycles. The van der Waals surface area contributed by atoms with Crippen molar-refractivity contribution in [3.8, 4) is 17.1 Å². The van der Waals surface area contributed by atoms with Crippen molar-refractivity contribution in [2.24, 2.45) is 0 Å². The molecule has 0 spiro atoms. The molecule has 0 saturated carbocycles. The third kappa shape index (κ3) is 3.69. The fraction of sp³-hybridized carbons (Fsp3) is 0.400. The van der Waals surface area contributed by atoms with E-state index in [-0.39, 0.29) is 39.9 Å². The number of nitrogens with zero attached hydrogens (tertiary/aromatic N) is 5. The zero-order chi connectivity index (χ0) is 22.4. The third-order valence-corrected chi connectivity index (χ3v) is 4.73. The van der Waals surface area contributed by atoms with Crippen molar-refractivity contribution < 1.29 is 18.3 Å². The molecule has 30 heavy (non-hydrogen) atoms. The standard InChI is InChI=1S/C20H22F3N5O2/c1-6-14-24-9-27(25-14)17-18(29)15(10(2)3)26-28(19(17)30)16-11(4)7-13(8-12(16)5)20(21,22)23/h7-10,29H,6H2,1-5H3.